The molecule has 0 bridgehead atoms. The van der Waals surface area contributed by atoms with Gasteiger partial charge in [-0.3, -0.25) is 4.98 Å². The van der Waals surface area contributed by atoms with Crippen molar-refractivity contribution in [2.75, 3.05) is 31.5 Å². The number of β-amino-alcohol motifs (C(OH)–C–C–N with tert-alkyl or cyclic N) is 1. The van der Waals surface area contributed by atoms with Crippen LogP contribution in [0.2, 0.25) is 0 Å². The molecule has 1 atom stereocenters. The van der Waals surface area contributed by atoms with Gasteiger partial charge in [-0.25, -0.2) is 9.97 Å². The average molecular weight is 354 g/mol. The van der Waals surface area contributed by atoms with Crippen molar-refractivity contribution in [3.8, 4) is 11.4 Å². The molecular formula is C19H26N6O. The monoisotopic (exact) mass is 354 g/mol. The molecule has 2 aliphatic rings. The van der Waals surface area contributed by atoms with Crippen molar-refractivity contribution in [2.24, 2.45) is 0 Å². The fourth-order valence-electron chi connectivity index (χ4n) is 3.68. The molecule has 0 radical (unpaired) electrons. The Morgan fingerprint density at radius 2 is 2.27 bits per heavy atom. The summed E-state index contributed by atoms with van der Waals surface area (Å²) in [6.07, 6.45) is 6.46. The maximum absolute atomic E-state index is 9.77. The Morgan fingerprint density at radius 3 is 3.12 bits per heavy atom. The van der Waals surface area contributed by atoms with Crippen LogP contribution in [0.5, 0.6) is 0 Å². The van der Waals surface area contributed by atoms with Crippen molar-refractivity contribution < 1.29 is 5.11 Å². The lowest BCUT2D eigenvalue weighted by atomic mass is 10.1. The number of nitrogens with one attached hydrogen (secondary N) is 2. The van der Waals surface area contributed by atoms with Gasteiger partial charge in [-0.15, -0.1) is 0 Å². The molecule has 7 nitrogen and oxygen atoms in total. The second kappa shape index (κ2) is 8.07. The minimum Gasteiger partial charge on any atom is -0.392 e. The highest BCUT2D eigenvalue weighted by Gasteiger charge is 2.20. The van der Waals surface area contributed by atoms with Crippen molar-refractivity contribution in [3.05, 3.63) is 35.8 Å². The topological polar surface area (TPSA) is 86.2 Å². The Bertz CT molecular complexity index is 738. The molecule has 0 aliphatic carbocycles. The quantitative estimate of drug-likeness (QED) is 0.676. The van der Waals surface area contributed by atoms with Gasteiger partial charge in [0.25, 0.3) is 0 Å². The number of anilines is 1. The second-order valence-corrected chi connectivity index (χ2v) is 7.04. The highest BCUT2D eigenvalue weighted by atomic mass is 16.3. The summed E-state index contributed by atoms with van der Waals surface area (Å²) in [5.41, 5.74) is 3.18. The Kier molecular flexibility index (Phi) is 5.38. The van der Waals surface area contributed by atoms with E-state index < -0.39 is 0 Å². The number of aliphatic hydroxyl groups excluding tert-OH is 1. The number of fused-ring (bicyclic) bond motifs is 1. The van der Waals surface area contributed by atoms with Gasteiger partial charge in [0.2, 0.25) is 0 Å². The summed E-state index contributed by atoms with van der Waals surface area (Å²) in [4.78, 5) is 16.0. The van der Waals surface area contributed by atoms with Gasteiger partial charge in [-0.1, -0.05) is 0 Å². The van der Waals surface area contributed by atoms with Crippen LogP contribution in [-0.2, 0) is 13.1 Å². The first-order chi connectivity index (χ1) is 12.8. The number of likely N-dealkylation sites (tertiary alicyclic amines) is 1. The van der Waals surface area contributed by atoms with Crippen LogP contribution in [0.1, 0.15) is 30.5 Å². The van der Waals surface area contributed by atoms with Crippen LogP contribution in [0.25, 0.3) is 11.4 Å². The molecule has 3 N–H and O–H groups in total. The average Bonchev–Trinajstić information content (AvgIpc) is 3.15. The second-order valence-electron chi connectivity index (χ2n) is 7.04. The lowest BCUT2D eigenvalue weighted by Crippen LogP contribution is -2.39. The molecule has 4 heterocycles. The number of rotatable bonds is 6. The van der Waals surface area contributed by atoms with Gasteiger partial charge in [0, 0.05) is 49.7 Å². The fraction of sp³-hybridized carbons (Fsp3) is 0.526. The third kappa shape index (κ3) is 4.00. The highest BCUT2D eigenvalue weighted by Crippen LogP contribution is 2.25. The molecule has 2 aliphatic heterocycles. The van der Waals surface area contributed by atoms with E-state index in [1.807, 2.05) is 12.1 Å². The van der Waals surface area contributed by atoms with Gasteiger partial charge < -0.3 is 20.6 Å². The zero-order valence-electron chi connectivity index (χ0n) is 15.0. The third-order valence-corrected chi connectivity index (χ3v) is 5.03. The summed E-state index contributed by atoms with van der Waals surface area (Å²) < 4.78 is 0. The molecule has 0 saturated carbocycles. The molecule has 1 saturated heterocycles. The standard InChI is InChI=1S/C19H26N6O/c26-15-5-2-8-25(13-15)9-3-7-22-19-16-11-21-12-17(16)23-18(24-19)14-4-1-6-20-10-14/h1,4,6,10,15,21,26H,2-3,5,7-9,11-13H2,(H,22,23,24). The number of hydrogen-bond donors (Lipinski definition) is 3. The van der Waals surface area contributed by atoms with Crippen molar-refractivity contribution in [3.63, 3.8) is 0 Å². The molecule has 0 spiro atoms. The summed E-state index contributed by atoms with van der Waals surface area (Å²) in [6.45, 7) is 5.36. The Balaban J connectivity index is 1.40. The van der Waals surface area contributed by atoms with E-state index in [0.717, 1.165) is 81.4 Å². The minimum absolute atomic E-state index is 0.157. The molecular weight excluding hydrogens is 328 g/mol. The SMILES string of the molecule is OC1CCCN(CCCNc2nc(-c3cccnc3)nc3c2CNC3)C1. The fourth-order valence-corrected chi connectivity index (χ4v) is 3.68. The normalized spacial score (nSPS) is 20.1. The summed E-state index contributed by atoms with van der Waals surface area (Å²) >= 11 is 0. The van der Waals surface area contributed by atoms with Crippen molar-refractivity contribution >= 4 is 5.82 Å². The number of aromatic nitrogens is 3. The van der Waals surface area contributed by atoms with E-state index in [4.69, 9.17) is 9.97 Å². The lowest BCUT2D eigenvalue weighted by Gasteiger charge is -2.29. The molecule has 1 unspecified atom stereocenters. The van der Waals surface area contributed by atoms with E-state index >= 15 is 0 Å². The molecule has 138 valence electrons. The van der Waals surface area contributed by atoms with Crippen LogP contribution >= 0.6 is 0 Å². The molecule has 7 heteroatoms. The largest absolute Gasteiger partial charge is 0.392 e. The number of nitrogens with zero attached hydrogens (tertiary/aromatic N) is 4. The maximum atomic E-state index is 9.77. The van der Waals surface area contributed by atoms with E-state index in [2.05, 4.69) is 20.5 Å². The maximum Gasteiger partial charge on any atom is 0.163 e. The summed E-state index contributed by atoms with van der Waals surface area (Å²) in [5, 5.41) is 16.6. The van der Waals surface area contributed by atoms with Crippen LogP contribution in [0, 0.1) is 0 Å². The molecule has 26 heavy (non-hydrogen) atoms. The number of piperidine rings is 1. The number of aliphatic hydroxyl groups is 1. The van der Waals surface area contributed by atoms with E-state index in [-0.39, 0.29) is 6.10 Å². The zero-order chi connectivity index (χ0) is 17.8. The lowest BCUT2D eigenvalue weighted by molar-refractivity contribution is 0.0706. The van der Waals surface area contributed by atoms with E-state index in [9.17, 15) is 5.11 Å². The predicted molar refractivity (Wildman–Crippen MR) is 101 cm³/mol. The summed E-state index contributed by atoms with van der Waals surface area (Å²) in [7, 11) is 0. The number of hydrogen-bond acceptors (Lipinski definition) is 7. The molecule has 0 amide bonds. The first kappa shape index (κ1) is 17.3. The molecule has 2 aromatic rings. The Labute approximate surface area is 153 Å². The van der Waals surface area contributed by atoms with Crippen molar-refractivity contribution in [1.82, 2.24) is 25.2 Å². The van der Waals surface area contributed by atoms with Gasteiger partial charge in [0.1, 0.15) is 5.82 Å². The minimum atomic E-state index is -0.157. The van der Waals surface area contributed by atoms with Gasteiger partial charge in [0.05, 0.1) is 11.8 Å². The first-order valence-electron chi connectivity index (χ1n) is 9.45. The Hall–Kier alpha value is -2.09. The van der Waals surface area contributed by atoms with Crippen LogP contribution in [0.3, 0.4) is 0 Å². The van der Waals surface area contributed by atoms with E-state index in [1.165, 1.54) is 5.56 Å². The van der Waals surface area contributed by atoms with E-state index in [1.54, 1.807) is 12.4 Å². The van der Waals surface area contributed by atoms with Crippen molar-refractivity contribution in [2.45, 2.75) is 38.5 Å². The van der Waals surface area contributed by atoms with Crippen LogP contribution in [-0.4, -0.2) is 57.2 Å². The highest BCUT2D eigenvalue weighted by molar-refractivity contribution is 5.59. The third-order valence-electron chi connectivity index (χ3n) is 5.03. The summed E-state index contributed by atoms with van der Waals surface area (Å²) in [5.74, 6) is 1.65. The van der Waals surface area contributed by atoms with Gasteiger partial charge in [0.15, 0.2) is 5.82 Å². The zero-order valence-corrected chi connectivity index (χ0v) is 15.0. The van der Waals surface area contributed by atoms with E-state index in [0.29, 0.717) is 0 Å². The van der Waals surface area contributed by atoms with Crippen LogP contribution in [0.4, 0.5) is 5.82 Å². The molecule has 4 rings (SSSR count). The van der Waals surface area contributed by atoms with Gasteiger partial charge >= 0.3 is 0 Å². The van der Waals surface area contributed by atoms with Crippen LogP contribution in [0.15, 0.2) is 24.5 Å². The molecule has 2 aromatic heterocycles. The van der Waals surface area contributed by atoms with Crippen LogP contribution < -0.4 is 10.6 Å². The smallest absolute Gasteiger partial charge is 0.163 e. The predicted octanol–water partition coefficient (Wildman–Crippen LogP) is 1.40. The van der Waals surface area contributed by atoms with Gasteiger partial charge in [-0.2, -0.15) is 0 Å². The van der Waals surface area contributed by atoms with Crippen molar-refractivity contribution in [1.29, 1.82) is 0 Å². The molecule has 1 fully saturated rings. The number of pyridine rings is 1. The molecule has 0 aromatic carbocycles. The summed E-state index contributed by atoms with van der Waals surface area (Å²) in [6, 6.07) is 3.90. The van der Waals surface area contributed by atoms with Gasteiger partial charge in [-0.05, 0) is 44.5 Å². The Morgan fingerprint density at radius 1 is 1.31 bits per heavy atom. The first-order valence-corrected chi connectivity index (χ1v) is 9.45.